The zero-order valence-corrected chi connectivity index (χ0v) is 30.0. The molecule has 10 nitrogen and oxygen atoms in total. The van der Waals surface area contributed by atoms with E-state index in [2.05, 4.69) is 31.5 Å². The van der Waals surface area contributed by atoms with E-state index in [9.17, 15) is 22.4 Å². The van der Waals surface area contributed by atoms with Gasteiger partial charge in [-0.3, -0.25) is 9.79 Å². The lowest BCUT2D eigenvalue weighted by Crippen LogP contribution is -2.54. The van der Waals surface area contributed by atoms with E-state index in [0.29, 0.717) is 47.3 Å². The quantitative estimate of drug-likeness (QED) is 0.173. The maximum Gasteiger partial charge on any atom is 0.338 e. The standard InChI is InChI=1S/C29H33ClFIN4O6S3/c1-3-41-27(37)21-23(34-25(26-33-9-13-43-26)35-24(21)19-5-4-6-20(31)22(19)30)17-7-10-36(11-8-17)45(39,40)18-15-29(2,16-18)28(38)42-12-14-44-32/h4-6,9,13,17-18,24H,3,7-8,10-12,14-16H2,1-2H3,(H,34,35). The van der Waals surface area contributed by atoms with Crippen molar-refractivity contribution in [3.8, 4) is 0 Å². The van der Waals surface area contributed by atoms with Gasteiger partial charge >= 0.3 is 11.9 Å². The summed E-state index contributed by atoms with van der Waals surface area (Å²) in [6.45, 7) is 4.32. The van der Waals surface area contributed by atoms with Crippen LogP contribution in [0.5, 0.6) is 0 Å². The molecule has 3 aliphatic rings. The van der Waals surface area contributed by atoms with Gasteiger partial charge in [0.25, 0.3) is 0 Å². The molecule has 1 saturated carbocycles. The zero-order chi connectivity index (χ0) is 32.4. The van der Waals surface area contributed by atoms with Crippen molar-refractivity contribution >= 4 is 80.9 Å². The number of carbonyl (C=O) groups is 2. The van der Waals surface area contributed by atoms with Crippen LogP contribution in [0.25, 0.3) is 0 Å². The molecule has 45 heavy (non-hydrogen) atoms. The van der Waals surface area contributed by atoms with Crippen LogP contribution in [-0.2, 0) is 29.1 Å². The van der Waals surface area contributed by atoms with E-state index >= 15 is 0 Å². The largest absolute Gasteiger partial charge is 0.464 e. The molecule has 0 radical (unpaired) electrons. The summed E-state index contributed by atoms with van der Waals surface area (Å²) in [4.78, 5) is 35.2. The Balaban J connectivity index is 1.38. The number of amidine groups is 1. The Labute approximate surface area is 287 Å². The summed E-state index contributed by atoms with van der Waals surface area (Å²) in [5.41, 5.74) is 0.253. The molecule has 1 unspecified atom stereocenters. The Kier molecular flexibility index (Phi) is 11.2. The van der Waals surface area contributed by atoms with Gasteiger partial charge in [-0.2, -0.15) is 0 Å². The molecule has 5 rings (SSSR count). The molecule has 1 saturated heterocycles. The minimum absolute atomic E-state index is 0.115. The number of nitrogens with one attached hydrogen (secondary N) is 1. The monoisotopic (exact) mass is 810 g/mol. The van der Waals surface area contributed by atoms with Gasteiger partial charge in [-0.05, 0) is 66.8 Å². The average Bonchev–Trinajstić information content (AvgIpc) is 3.56. The van der Waals surface area contributed by atoms with Crippen LogP contribution in [-0.4, -0.2) is 72.8 Å². The third-order valence-electron chi connectivity index (χ3n) is 8.37. The van der Waals surface area contributed by atoms with Crippen molar-refractivity contribution in [1.82, 2.24) is 14.6 Å². The van der Waals surface area contributed by atoms with Gasteiger partial charge in [0, 0.05) is 47.6 Å². The van der Waals surface area contributed by atoms with Crippen LogP contribution in [0.15, 0.2) is 46.0 Å². The number of esters is 2. The number of ether oxygens (including phenoxy) is 2. The van der Waals surface area contributed by atoms with Gasteiger partial charge in [0.15, 0.2) is 10.8 Å². The number of hydrogen-bond acceptors (Lipinski definition) is 11. The molecular weight excluding hydrogens is 778 g/mol. The van der Waals surface area contributed by atoms with Gasteiger partial charge in [0.1, 0.15) is 18.5 Å². The van der Waals surface area contributed by atoms with E-state index in [0.717, 1.165) is 0 Å². The highest BCUT2D eigenvalue weighted by Gasteiger charge is 2.54. The normalized spacial score (nSPS) is 24.4. The van der Waals surface area contributed by atoms with Crippen LogP contribution < -0.4 is 5.32 Å². The molecule has 0 spiro atoms. The molecule has 1 N–H and O–H groups in total. The average molecular weight is 811 g/mol. The molecule has 1 atom stereocenters. The molecule has 16 heteroatoms. The summed E-state index contributed by atoms with van der Waals surface area (Å²) in [7, 11) is -2.11. The summed E-state index contributed by atoms with van der Waals surface area (Å²) in [5, 5.41) is 4.88. The number of nitrogens with zero attached hydrogens (tertiary/aromatic N) is 3. The third kappa shape index (κ3) is 7.22. The Morgan fingerprint density at radius 3 is 2.64 bits per heavy atom. The van der Waals surface area contributed by atoms with Crippen LogP contribution in [0, 0.1) is 17.2 Å². The number of aliphatic imine (C=N–C) groups is 1. The number of carbonyl (C=O) groups excluding carboxylic acids is 2. The molecule has 2 aliphatic heterocycles. The topological polar surface area (TPSA) is 127 Å². The molecular formula is C29H33ClFIN4O6S3. The lowest BCUT2D eigenvalue weighted by Gasteiger charge is -2.45. The number of allylic oxidation sites excluding steroid dienone is 1. The Hall–Kier alpha value is -1.79. The van der Waals surface area contributed by atoms with E-state index in [1.807, 2.05) is 0 Å². The van der Waals surface area contributed by atoms with Crippen molar-refractivity contribution in [2.75, 3.05) is 32.1 Å². The number of thiazole rings is 1. The number of aromatic nitrogens is 1. The van der Waals surface area contributed by atoms with Crippen molar-refractivity contribution in [1.29, 1.82) is 0 Å². The summed E-state index contributed by atoms with van der Waals surface area (Å²) in [5.74, 6) is -0.776. The molecule has 1 aliphatic carbocycles. The fourth-order valence-electron chi connectivity index (χ4n) is 6.00. The molecule has 0 amide bonds. The van der Waals surface area contributed by atoms with Crippen molar-refractivity contribution in [3.63, 3.8) is 0 Å². The van der Waals surface area contributed by atoms with Gasteiger partial charge in [0.05, 0.1) is 27.9 Å². The highest BCUT2D eigenvalue weighted by molar-refractivity contribution is 14.2. The van der Waals surface area contributed by atoms with Gasteiger partial charge < -0.3 is 14.8 Å². The highest BCUT2D eigenvalue weighted by atomic mass is 127. The summed E-state index contributed by atoms with van der Waals surface area (Å²) in [6.07, 6.45) is 2.90. The minimum Gasteiger partial charge on any atom is -0.464 e. The van der Waals surface area contributed by atoms with Crippen molar-refractivity contribution < 1.29 is 31.9 Å². The van der Waals surface area contributed by atoms with E-state index in [1.54, 1.807) is 40.4 Å². The first kappa shape index (κ1) is 34.5. The maximum atomic E-state index is 14.6. The van der Waals surface area contributed by atoms with Gasteiger partial charge in [0.2, 0.25) is 10.0 Å². The predicted molar refractivity (Wildman–Crippen MR) is 181 cm³/mol. The van der Waals surface area contributed by atoms with Crippen LogP contribution in [0.2, 0.25) is 5.02 Å². The number of hydrogen-bond donors (Lipinski definition) is 1. The SMILES string of the molecule is CCOC(=O)C1=C(C2CCN(S(=O)(=O)C3CC(C)(C(=O)OCCSI)C3)CC2)NC(c2nccs2)=NC1c1cccc(F)c1Cl. The van der Waals surface area contributed by atoms with E-state index in [1.165, 1.54) is 27.8 Å². The smallest absolute Gasteiger partial charge is 0.338 e. The predicted octanol–water partition coefficient (Wildman–Crippen LogP) is 5.68. The molecule has 244 valence electrons. The van der Waals surface area contributed by atoms with E-state index < -0.39 is 38.5 Å². The van der Waals surface area contributed by atoms with Crippen molar-refractivity contribution in [3.05, 3.63) is 62.5 Å². The Morgan fingerprint density at radius 2 is 2.00 bits per heavy atom. The van der Waals surface area contributed by atoms with Crippen molar-refractivity contribution in [2.24, 2.45) is 16.3 Å². The van der Waals surface area contributed by atoms with Crippen LogP contribution >= 0.6 is 53.1 Å². The van der Waals surface area contributed by atoms with Crippen LogP contribution in [0.4, 0.5) is 4.39 Å². The number of halogens is 3. The van der Waals surface area contributed by atoms with Gasteiger partial charge in [-0.25, -0.2) is 26.9 Å². The first-order chi connectivity index (χ1) is 21.5. The van der Waals surface area contributed by atoms with Gasteiger partial charge in [-0.1, -0.05) is 32.7 Å². The second-order valence-corrected chi connectivity index (χ2v) is 17.3. The first-order valence-electron chi connectivity index (χ1n) is 14.5. The van der Waals surface area contributed by atoms with Crippen molar-refractivity contribution in [2.45, 2.75) is 50.8 Å². The van der Waals surface area contributed by atoms with Gasteiger partial charge in [-0.15, -0.1) is 11.3 Å². The van der Waals surface area contributed by atoms with E-state index in [4.69, 9.17) is 26.1 Å². The first-order valence-corrected chi connectivity index (χ1v) is 20.8. The molecule has 2 aromatic rings. The molecule has 0 bridgehead atoms. The Bertz CT molecular complexity index is 1590. The second kappa shape index (κ2) is 14.5. The molecule has 1 aromatic heterocycles. The lowest BCUT2D eigenvalue weighted by molar-refractivity contribution is -0.159. The highest BCUT2D eigenvalue weighted by Crippen LogP contribution is 2.47. The second-order valence-electron chi connectivity index (χ2n) is 11.3. The number of piperidine rings is 1. The van der Waals surface area contributed by atoms with Crippen LogP contribution in [0.1, 0.15) is 56.1 Å². The fraction of sp³-hybridized carbons (Fsp3) is 0.517. The van der Waals surface area contributed by atoms with Crippen LogP contribution in [0.3, 0.4) is 0 Å². The minimum atomic E-state index is -3.66. The molecule has 3 heterocycles. The summed E-state index contributed by atoms with van der Waals surface area (Å²) < 4.78 is 54.1. The number of benzene rings is 1. The third-order valence-corrected chi connectivity index (χ3v) is 13.4. The zero-order valence-electron chi connectivity index (χ0n) is 24.6. The summed E-state index contributed by atoms with van der Waals surface area (Å²) in [6, 6.07) is 3.41. The fourth-order valence-corrected chi connectivity index (χ4v) is 9.80. The molecule has 1 aromatic carbocycles. The Morgan fingerprint density at radius 1 is 1.27 bits per heavy atom. The molecule has 2 fully saturated rings. The lowest BCUT2D eigenvalue weighted by atomic mass is 9.70. The maximum absolute atomic E-state index is 14.6. The number of rotatable bonds is 11. The van der Waals surface area contributed by atoms with E-state index in [-0.39, 0.29) is 55.0 Å². The summed E-state index contributed by atoms with van der Waals surface area (Å²) >= 11 is 9.90. The number of sulfonamides is 1.